The molecule has 0 radical (unpaired) electrons. The molecule has 0 aliphatic carbocycles. The lowest BCUT2D eigenvalue weighted by Crippen LogP contribution is -2.48. The van der Waals surface area contributed by atoms with Gasteiger partial charge >= 0.3 is 0 Å². The lowest BCUT2D eigenvalue weighted by molar-refractivity contribution is -0.109. The first-order valence-corrected chi connectivity index (χ1v) is 9.20. The molecule has 2 unspecified atom stereocenters. The zero-order chi connectivity index (χ0) is 19.2. The monoisotopic (exact) mass is 385 g/mol. The molecule has 1 aliphatic rings. The maximum atomic E-state index is 13.1. The van der Waals surface area contributed by atoms with Gasteiger partial charge in [-0.25, -0.2) is 4.39 Å². The van der Waals surface area contributed by atoms with E-state index in [1.54, 1.807) is 12.4 Å². The fourth-order valence-corrected chi connectivity index (χ4v) is 3.66. The highest BCUT2D eigenvalue weighted by molar-refractivity contribution is 7.80. The van der Waals surface area contributed by atoms with Crippen LogP contribution in [0.15, 0.2) is 48.8 Å². The number of halogens is 1. The molecule has 0 bridgehead atoms. The van der Waals surface area contributed by atoms with E-state index < -0.39 is 5.82 Å². The predicted octanol–water partition coefficient (Wildman–Crippen LogP) is 3.28. The van der Waals surface area contributed by atoms with Crippen molar-refractivity contribution in [2.75, 3.05) is 6.54 Å². The molecule has 27 heavy (non-hydrogen) atoms. The molecule has 1 aromatic carbocycles. The van der Waals surface area contributed by atoms with E-state index in [4.69, 9.17) is 12.2 Å². The topological polar surface area (TPSA) is 62.3 Å². The van der Waals surface area contributed by atoms with Gasteiger partial charge in [0.1, 0.15) is 12.1 Å². The number of aldehydes is 1. The standard InChI is InChI=1S/C20H20FN3O2S/c21-17-6-4-15(5-7-17)19(26)23-20(27)24-13-14(9-11-25)3-8-18(24)16-2-1-10-22-12-16/h1-2,4-7,10-12,14,18H,3,8-9,13H2,(H,23,26,27). The number of hydrogen-bond acceptors (Lipinski definition) is 4. The second-order valence-corrected chi connectivity index (χ2v) is 6.95. The van der Waals surface area contributed by atoms with E-state index >= 15 is 0 Å². The van der Waals surface area contributed by atoms with Crippen LogP contribution in [0.25, 0.3) is 0 Å². The normalized spacial score (nSPS) is 19.4. The molecular formula is C20H20FN3O2S. The summed E-state index contributed by atoms with van der Waals surface area (Å²) in [6.07, 6.45) is 6.61. The number of likely N-dealkylation sites (tertiary alicyclic amines) is 1. The van der Waals surface area contributed by atoms with Crippen molar-refractivity contribution in [2.24, 2.45) is 5.92 Å². The van der Waals surface area contributed by atoms with Crippen molar-refractivity contribution in [3.63, 3.8) is 0 Å². The number of thiocarbonyl (C=S) groups is 1. The van der Waals surface area contributed by atoms with E-state index in [-0.39, 0.29) is 17.9 Å². The van der Waals surface area contributed by atoms with Gasteiger partial charge in [0.15, 0.2) is 5.11 Å². The third kappa shape index (κ3) is 4.74. The SMILES string of the molecule is O=CCC1CCC(c2cccnc2)N(C(=S)NC(=O)c2ccc(F)cc2)C1. The Morgan fingerprint density at radius 2 is 2.07 bits per heavy atom. The zero-order valence-electron chi connectivity index (χ0n) is 14.7. The summed E-state index contributed by atoms with van der Waals surface area (Å²) in [5, 5.41) is 3.03. The van der Waals surface area contributed by atoms with Gasteiger partial charge < -0.3 is 9.69 Å². The summed E-state index contributed by atoms with van der Waals surface area (Å²) in [7, 11) is 0. The molecule has 1 aromatic heterocycles. The molecule has 5 nitrogen and oxygen atoms in total. The number of amides is 1. The molecule has 0 saturated carbocycles. The van der Waals surface area contributed by atoms with Crippen LogP contribution in [0.1, 0.15) is 41.2 Å². The van der Waals surface area contributed by atoms with E-state index in [1.165, 1.54) is 24.3 Å². The van der Waals surface area contributed by atoms with E-state index in [0.717, 1.165) is 24.7 Å². The Balaban J connectivity index is 1.77. The molecule has 0 spiro atoms. The zero-order valence-corrected chi connectivity index (χ0v) is 15.5. The van der Waals surface area contributed by atoms with Crippen LogP contribution >= 0.6 is 12.2 Å². The van der Waals surface area contributed by atoms with Crippen LogP contribution in [-0.4, -0.2) is 33.7 Å². The van der Waals surface area contributed by atoms with Gasteiger partial charge in [-0.05, 0) is 66.9 Å². The van der Waals surface area contributed by atoms with Crippen LogP contribution in [0.4, 0.5) is 4.39 Å². The van der Waals surface area contributed by atoms with Crippen molar-refractivity contribution in [3.05, 3.63) is 65.7 Å². The molecular weight excluding hydrogens is 365 g/mol. The molecule has 2 atom stereocenters. The fourth-order valence-electron chi connectivity index (χ4n) is 3.36. The summed E-state index contributed by atoms with van der Waals surface area (Å²) >= 11 is 5.50. The van der Waals surface area contributed by atoms with Crippen LogP contribution in [0, 0.1) is 11.7 Å². The first-order valence-electron chi connectivity index (χ1n) is 8.79. The van der Waals surface area contributed by atoms with Crippen LogP contribution in [0.3, 0.4) is 0 Å². The van der Waals surface area contributed by atoms with E-state index in [0.29, 0.717) is 23.6 Å². The largest absolute Gasteiger partial charge is 0.342 e. The Bertz CT molecular complexity index is 814. The Morgan fingerprint density at radius 1 is 1.30 bits per heavy atom. The number of carbonyl (C=O) groups excluding carboxylic acids is 2. The first kappa shape index (κ1) is 19.1. The minimum atomic E-state index is -0.404. The Morgan fingerprint density at radius 3 is 2.74 bits per heavy atom. The van der Waals surface area contributed by atoms with Crippen molar-refractivity contribution in [2.45, 2.75) is 25.3 Å². The number of aromatic nitrogens is 1. The van der Waals surface area contributed by atoms with E-state index in [1.807, 2.05) is 17.0 Å². The summed E-state index contributed by atoms with van der Waals surface area (Å²) in [6.45, 7) is 0.584. The number of nitrogens with zero attached hydrogens (tertiary/aromatic N) is 2. The molecule has 2 heterocycles. The number of nitrogens with one attached hydrogen (secondary N) is 1. The highest BCUT2D eigenvalue weighted by Crippen LogP contribution is 2.34. The smallest absolute Gasteiger partial charge is 0.257 e. The fraction of sp³-hybridized carbons (Fsp3) is 0.300. The quantitative estimate of drug-likeness (QED) is 0.646. The summed E-state index contributed by atoms with van der Waals surface area (Å²) < 4.78 is 13.1. The number of piperidine rings is 1. The summed E-state index contributed by atoms with van der Waals surface area (Å²) in [6, 6.07) is 9.13. The molecule has 1 N–H and O–H groups in total. The molecule has 1 amide bonds. The van der Waals surface area contributed by atoms with Gasteiger partial charge in [-0.15, -0.1) is 0 Å². The molecule has 1 saturated heterocycles. The Kier molecular flexibility index (Phi) is 6.24. The van der Waals surface area contributed by atoms with Crippen molar-refractivity contribution in [1.29, 1.82) is 0 Å². The lowest BCUT2D eigenvalue weighted by atomic mass is 9.88. The molecule has 1 aliphatic heterocycles. The maximum Gasteiger partial charge on any atom is 0.257 e. The average molecular weight is 385 g/mol. The summed E-state index contributed by atoms with van der Waals surface area (Å²) in [5.41, 5.74) is 1.35. The minimum absolute atomic E-state index is 0.0115. The van der Waals surface area contributed by atoms with Gasteiger partial charge in [0.25, 0.3) is 5.91 Å². The summed E-state index contributed by atoms with van der Waals surface area (Å²) in [5.74, 6) is -0.600. The Labute approximate surface area is 162 Å². The van der Waals surface area contributed by atoms with Gasteiger partial charge in [-0.1, -0.05) is 6.07 Å². The number of pyridine rings is 1. The molecule has 1 fully saturated rings. The highest BCUT2D eigenvalue weighted by atomic mass is 32.1. The highest BCUT2D eigenvalue weighted by Gasteiger charge is 2.31. The van der Waals surface area contributed by atoms with Gasteiger partial charge in [0.05, 0.1) is 6.04 Å². The molecule has 3 rings (SSSR count). The number of carbonyl (C=O) groups is 2. The van der Waals surface area contributed by atoms with Crippen LogP contribution in [-0.2, 0) is 4.79 Å². The molecule has 2 aromatic rings. The summed E-state index contributed by atoms with van der Waals surface area (Å²) in [4.78, 5) is 29.5. The number of benzene rings is 1. The first-order chi connectivity index (χ1) is 13.1. The molecule has 7 heteroatoms. The lowest BCUT2D eigenvalue weighted by Gasteiger charge is -2.41. The maximum absolute atomic E-state index is 13.1. The Hall–Kier alpha value is -2.67. The van der Waals surface area contributed by atoms with Crippen LogP contribution in [0.2, 0.25) is 0 Å². The van der Waals surface area contributed by atoms with E-state index in [2.05, 4.69) is 10.3 Å². The van der Waals surface area contributed by atoms with Crippen molar-refractivity contribution >= 4 is 29.5 Å². The van der Waals surface area contributed by atoms with Gasteiger partial charge in [-0.3, -0.25) is 15.1 Å². The average Bonchev–Trinajstić information content (AvgIpc) is 2.69. The predicted molar refractivity (Wildman–Crippen MR) is 104 cm³/mol. The van der Waals surface area contributed by atoms with Crippen molar-refractivity contribution in [3.8, 4) is 0 Å². The van der Waals surface area contributed by atoms with Gasteiger partial charge in [0.2, 0.25) is 0 Å². The van der Waals surface area contributed by atoms with Crippen LogP contribution < -0.4 is 5.32 Å². The van der Waals surface area contributed by atoms with Gasteiger partial charge in [0, 0.05) is 30.9 Å². The minimum Gasteiger partial charge on any atom is -0.342 e. The molecule has 140 valence electrons. The van der Waals surface area contributed by atoms with Crippen LogP contribution in [0.5, 0.6) is 0 Å². The van der Waals surface area contributed by atoms with Crippen molar-refractivity contribution < 1.29 is 14.0 Å². The number of rotatable bonds is 4. The number of hydrogen-bond donors (Lipinski definition) is 1. The second-order valence-electron chi connectivity index (χ2n) is 6.57. The second kappa shape index (κ2) is 8.81. The third-order valence-corrected chi connectivity index (χ3v) is 5.10. The van der Waals surface area contributed by atoms with Gasteiger partial charge in [-0.2, -0.15) is 0 Å². The van der Waals surface area contributed by atoms with Crippen molar-refractivity contribution in [1.82, 2.24) is 15.2 Å². The third-order valence-electron chi connectivity index (χ3n) is 4.77. The van der Waals surface area contributed by atoms with E-state index in [9.17, 15) is 14.0 Å².